The lowest BCUT2D eigenvalue weighted by molar-refractivity contribution is 0.0685. The Morgan fingerprint density at radius 1 is 0.385 bits per heavy atom. The van der Waals surface area contributed by atoms with Gasteiger partial charge in [-0.3, -0.25) is 0 Å². The third-order valence-corrected chi connectivity index (χ3v) is 11.7. The molecule has 0 aliphatic carbocycles. The topological polar surface area (TPSA) is 149 Å². The molecule has 266 valence electrons. The first-order valence-electron chi connectivity index (χ1n) is 14.4. The van der Waals surface area contributed by atoms with Crippen molar-refractivity contribution < 1.29 is 39.6 Å². The lowest BCUT2D eigenvalue weighted by atomic mass is 9.81. The van der Waals surface area contributed by atoms with E-state index in [1.54, 1.807) is 48.5 Å². The van der Waals surface area contributed by atoms with Crippen LogP contribution in [-0.4, -0.2) is 44.3 Å². The van der Waals surface area contributed by atoms with E-state index >= 15 is 0 Å². The smallest absolute Gasteiger partial charge is 0.338 e. The highest BCUT2D eigenvalue weighted by Crippen LogP contribution is 2.43. The van der Waals surface area contributed by atoms with Crippen LogP contribution in [0.4, 0.5) is 0 Å². The fourth-order valence-corrected chi connectivity index (χ4v) is 10.2. The normalized spacial score (nSPS) is 11.3. The van der Waals surface area contributed by atoms with E-state index in [9.17, 15) is 39.6 Å². The van der Waals surface area contributed by atoms with Crippen molar-refractivity contribution in [2.45, 2.75) is 11.8 Å². The first-order chi connectivity index (χ1) is 24.4. The van der Waals surface area contributed by atoms with Gasteiger partial charge in [0.05, 0.1) is 42.3 Å². The summed E-state index contributed by atoms with van der Waals surface area (Å²) in [7, 11) is 0. The Morgan fingerprint density at radius 3 is 0.731 bits per heavy atom. The molecule has 0 aliphatic heterocycles. The molecule has 0 spiro atoms. The van der Waals surface area contributed by atoms with E-state index in [1.807, 2.05) is 0 Å². The zero-order chi connectivity index (χ0) is 38.3. The van der Waals surface area contributed by atoms with Gasteiger partial charge < -0.3 is 20.4 Å². The van der Waals surface area contributed by atoms with Crippen LogP contribution in [0.15, 0.2) is 90.7 Å². The van der Waals surface area contributed by atoms with Crippen molar-refractivity contribution in [3.8, 4) is 0 Å². The van der Waals surface area contributed by atoms with Crippen molar-refractivity contribution in [2.24, 2.45) is 0 Å². The number of halogens is 8. The average Bonchev–Trinajstić information content (AvgIpc) is 3.00. The van der Waals surface area contributed by atoms with Gasteiger partial charge in [0.25, 0.3) is 0 Å². The predicted molar refractivity (Wildman–Crippen MR) is 213 cm³/mol. The maximum atomic E-state index is 11.9. The summed E-state index contributed by atoms with van der Waals surface area (Å²) >= 11 is 39.2. The molecule has 0 bridgehead atoms. The molecule has 0 amide bonds. The molecule has 0 saturated heterocycles. The van der Waals surface area contributed by atoms with Gasteiger partial charge in [0.2, 0.25) is 0 Å². The third kappa shape index (κ3) is 8.09. The summed E-state index contributed by atoms with van der Waals surface area (Å²) < 4.78 is 0.874. The van der Waals surface area contributed by atoms with Crippen molar-refractivity contribution in [3.05, 3.63) is 166 Å². The number of carbonyl (C=O) groups is 4. The van der Waals surface area contributed by atoms with Gasteiger partial charge in [-0.05, 0) is 146 Å². The Hall–Kier alpha value is -2.94. The lowest BCUT2D eigenvalue weighted by Gasteiger charge is -2.24. The minimum absolute atomic E-state index is 0.0367. The van der Waals surface area contributed by atoms with Gasteiger partial charge in [-0.1, -0.05) is 70.7 Å². The third-order valence-electron chi connectivity index (χ3n) is 8.05. The highest BCUT2D eigenvalue weighted by Gasteiger charge is 2.28. The van der Waals surface area contributed by atoms with Gasteiger partial charge in [0.1, 0.15) is 0 Å². The molecule has 52 heavy (non-hydrogen) atoms. The summed E-state index contributed by atoms with van der Waals surface area (Å²) in [5, 5.41) is 38.7. The van der Waals surface area contributed by atoms with Crippen LogP contribution in [0.3, 0.4) is 0 Å². The molecule has 5 aromatic rings. The molecular weight excluding hydrogens is 1020 g/mol. The molecule has 0 unspecified atom stereocenters. The van der Waals surface area contributed by atoms with Gasteiger partial charge in [0.15, 0.2) is 0 Å². The first-order valence-corrected chi connectivity index (χ1v) is 19.1. The second kappa shape index (κ2) is 16.2. The number of benzene rings is 5. The Balaban J connectivity index is 1.74. The number of hydrogen-bond acceptors (Lipinski definition) is 4. The van der Waals surface area contributed by atoms with Gasteiger partial charge in [-0.15, -0.1) is 0 Å². The molecule has 0 fully saturated rings. The zero-order valence-electron chi connectivity index (χ0n) is 25.5. The lowest BCUT2D eigenvalue weighted by Crippen LogP contribution is -2.10. The maximum absolute atomic E-state index is 11.9. The summed E-state index contributed by atoms with van der Waals surface area (Å²) in [6, 6.07) is 19.7. The van der Waals surface area contributed by atoms with Gasteiger partial charge in [-0.2, -0.15) is 0 Å². The van der Waals surface area contributed by atoms with E-state index < -0.39 is 35.7 Å². The average molecular weight is 1040 g/mol. The Labute approximate surface area is 348 Å². The molecule has 0 atom stereocenters. The second-order valence-electron chi connectivity index (χ2n) is 11.2. The van der Waals surface area contributed by atoms with Crippen molar-refractivity contribution in [1.29, 1.82) is 0 Å². The Kier molecular flexibility index (Phi) is 12.5. The maximum Gasteiger partial charge on any atom is 0.338 e. The second-order valence-corrected chi connectivity index (χ2v) is 16.2. The summed E-state index contributed by atoms with van der Waals surface area (Å²) in [4.78, 5) is 47.6. The SMILES string of the molecule is O=C(O)c1c(Cl)cc(C(c2ccc(C(c3cc(Cl)c(C(=O)O)c(Br)c3)c3cc(Cl)c(C(=O)O)c(Br)c3)cc2)c2cc(Cl)c(C(=O)O)c(Br)c2)cc1Br. The van der Waals surface area contributed by atoms with Crippen LogP contribution < -0.4 is 0 Å². The van der Waals surface area contributed by atoms with E-state index in [-0.39, 0.29) is 60.2 Å². The number of rotatable bonds is 10. The van der Waals surface area contributed by atoms with Gasteiger partial charge in [0, 0.05) is 29.7 Å². The van der Waals surface area contributed by atoms with Gasteiger partial charge >= 0.3 is 23.9 Å². The number of carboxylic acid groups (broad SMARTS) is 4. The van der Waals surface area contributed by atoms with Crippen molar-refractivity contribution >= 4 is 134 Å². The molecular formula is C36H18Br4Cl4O8. The number of aromatic carboxylic acids is 4. The largest absolute Gasteiger partial charge is 0.478 e. The fourth-order valence-electron chi connectivity index (χ4n) is 5.89. The van der Waals surface area contributed by atoms with E-state index in [1.165, 1.54) is 24.3 Å². The van der Waals surface area contributed by atoms with Crippen molar-refractivity contribution in [3.63, 3.8) is 0 Å². The molecule has 0 heterocycles. The van der Waals surface area contributed by atoms with Crippen molar-refractivity contribution in [1.82, 2.24) is 0 Å². The van der Waals surface area contributed by atoms with Crippen LogP contribution in [0.25, 0.3) is 0 Å². The van der Waals surface area contributed by atoms with Crippen LogP contribution in [0, 0.1) is 0 Å². The van der Waals surface area contributed by atoms with E-state index in [0.717, 1.165) is 0 Å². The molecule has 5 rings (SSSR count). The monoisotopic (exact) mass is 1030 g/mol. The van der Waals surface area contributed by atoms with E-state index in [2.05, 4.69) is 63.7 Å². The predicted octanol–water partition coefficient (Wildman–Crippen LogP) is 12.5. The summed E-state index contributed by atoms with van der Waals surface area (Å²) in [6.45, 7) is 0. The zero-order valence-corrected chi connectivity index (χ0v) is 34.9. The summed E-state index contributed by atoms with van der Waals surface area (Å²) in [5.41, 5.74) is 2.99. The van der Waals surface area contributed by atoms with Crippen LogP contribution in [-0.2, 0) is 0 Å². The molecule has 16 heteroatoms. The van der Waals surface area contributed by atoms with E-state index in [4.69, 9.17) is 46.4 Å². The molecule has 8 nitrogen and oxygen atoms in total. The first kappa shape index (κ1) is 40.2. The minimum Gasteiger partial charge on any atom is -0.478 e. The molecule has 0 saturated carbocycles. The minimum atomic E-state index is -1.24. The Morgan fingerprint density at radius 2 is 0.577 bits per heavy atom. The van der Waals surface area contributed by atoms with Crippen LogP contribution in [0.1, 0.15) is 86.6 Å². The fraction of sp³-hybridized carbons (Fsp3) is 0.0556. The summed E-state index contributed by atoms with van der Waals surface area (Å²) in [5.74, 6) is -6.26. The standard InChI is InChI=1S/C36H18Br4Cl4O8/c37-19-5-15(9-23(41)29(19)33(45)46)27(16-6-20(38)30(34(47)48)24(42)10-16)13-1-2-14(4-3-13)28(17-7-21(39)31(35(49)50)25(43)11-17)18-8-22(40)32(36(51)52)26(44)12-18/h1-12,27-28H,(H,45,46)(H,47,48)(H,49,50)(H,51,52). The Bertz CT molecular complexity index is 1940. The number of hydrogen-bond donors (Lipinski definition) is 4. The number of carboxylic acids is 4. The van der Waals surface area contributed by atoms with Crippen molar-refractivity contribution in [2.75, 3.05) is 0 Å². The van der Waals surface area contributed by atoms with Gasteiger partial charge in [-0.25, -0.2) is 19.2 Å². The van der Waals surface area contributed by atoms with E-state index in [0.29, 0.717) is 33.4 Å². The van der Waals surface area contributed by atoms with Crippen LogP contribution in [0.5, 0.6) is 0 Å². The highest BCUT2D eigenvalue weighted by molar-refractivity contribution is 9.11. The molecule has 0 aromatic heterocycles. The molecule has 5 aromatic carbocycles. The quantitative estimate of drug-likeness (QED) is 0.101. The molecule has 4 N–H and O–H groups in total. The van der Waals surface area contributed by atoms with Crippen LogP contribution >= 0.6 is 110 Å². The summed E-state index contributed by atoms with van der Waals surface area (Å²) in [6.07, 6.45) is 0. The van der Waals surface area contributed by atoms with Crippen LogP contribution in [0.2, 0.25) is 20.1 Å². The highest BCUT2D eigenvalue weighted by atomic mass is 79.9. The molecule has 0 aliphatic rings. The molecule has 0 radical (unpaired) electrons.